The van der Waals surface area contributed by atoms with E-state index in [1.54, 1.807) is 36.5 Å². The van der Waals surface area contributed by atoms with E-state index in [4.69, 9.17) is 4.74 Å². The van der Waals surface area contributed by atoms with Crippen molar-refractivity contribution in [1.29, 1.82) is 0 Å². The van der Waals surface area contributed by atoms with Crippen molar-refractivity contribution in [1.82, 2.24) is 24.6 Å². The molecule has 2 aromatic heterocycles. The third-order valence-corrected chi connectivity index (χ3v) is 5.55. The Hall–Kier alpha value is -3.49. The van der Waals surface area contributed by atoms with Crippen LogP contribution in [0.5, 0.6) is 5.88 Å². The van der Waals surface area contributed by atoms with E-state index in [0.29, 0.717) is 36.8 Å². The third kappa shape index (κ3) is 4.71. The number of nitrogens with zero attached hydrogens (tertiary/aromatic N) is 4. The lowest BCUT2D eigenvalue weighted by Crippen LogP contribution is -2.39. The lowest BCUT2D eigenvalue weighted by atomic mass is 9.93. The highest BCUT2D eigenvalue weighted by atomic mass is 19.1. The fraction of sp³-hybridized carbons (Fsp3) is 0.391. The first kappa shape index (κ1) is 21.7. The van der Waals surface area contributed by atoms with E-state index in [-0.39, 0.29) is 23.6 Å². The summed E-state index contributed by atoms with van der Waals surface area (Å²) in [4.78, 5) is 31.1. The lowest BCUT2D eigenvalue weighted by molar-refractivity contribution is 0.0689. The fourth-order valence-corrected chi connectivity index (χ4v) is 3.95. The van der Waals surface area contributed by atoms with Crippen LogP contribution in [-0.2, 0) is 6.42 Å². The molecule has 1 N–H and O–H groups in total. The molecule has 8 nitrogen and oxygen atoms in total. The van der Waals surface area contributed by atoms with Gasteiger partial charge in [0.1, 0.15) is 11.6 Å². The number of piperidine rings is 1. The zero-order valence-electron chi connectivity index (χ0n) is 18.1. The molecule has 1 aromatic carbocycles. The molecule has 0 bridgehead atoms. The largest absolute Gasteiger partial charge is 0.475 e. The molecule has 0 atom stereocenters. The van der Waals surface area contributed by atoms with E-state index in [9.17, 15) is 14.0 Å². The molecule has 3 heterocycles. The number of aromatic nitrogens is 4. The Morgan fingerprint density at radius 1 is 1.22 bits per heavy atom. The van der Waals surface area contributed by atoms with Gasteiger partial charge in [0.25, 0.3) is 5.91 Å². The van der Waals surface area contributed by atoms with E-state index in [2.05, 4.69) is 15.2 Å². The predicted octanol–water partition coefficient (Wildman–Crippen LogP) is 2.98. The minimum Gasteiger partial charge on any atom is -0.475 e. The van der Waals surface area contributed by atoms with Gasteiger partial charge in [-0.1, -0.05) is 12.1 Å². The van der Waals surface area contributed by atoms with E-state index in [1.165, 1.54) is 10.6 Å². The molecule has 1 amide bonds. The van der Waals surface area contributed by atoms with Crippen LogP contribution in [0.25, 0.3) is 5.69 Å². The second-order valence-corrected chi connectivity index (χ2v) is 8.22. The highest BCUT2D eigenvalue weighted by Gasteiger charge is 2.26. The maximum absolute atomic E-state index is 14.2. The van der Waals surface area contributed by atoms with Crippen LogP contribution in [0.1, 0.15) is 42.9 Å². The molecule has 0 spiro atoms. The topological polar surface area (TPSA) is 93.1 Å². The van der Waals surface area contributed by atoms with Gasteiger partial charge in [-0.15, -0.1) is 0 Å². The zero-order chi connectivity index (χ0) is 22.7. The zero-order valence-corrected chi connectivity index (χ0v) is 18.1. The average molecular weight is 439 g/mol. The molecule has 9 heteroatoms. The van der Waals surface area contributed by atoms with Crippen LogP contribution in [0, 0.1) is 11.7 Å². The molecule has 0 saturated carbocycles. The van der Waals surface area contributed by atoms with Crippen molar-refractivity contribution >= 4 is 5.91 Å². The van der Waals surface area contributed by atoms with Crippen molar-refractivity contribution in [3.05, 3.63) is 70.3 Å². The number of H-pyrrole nitrogens is 1. The Labute approximate surface area is 185 Å². The number of carbonyl (C=O) groups is 1. The number of hydrogen-bond donors (Lipinski definition) is 1. The van der Waals surface area contributed by atoms with Crippen LogP contribution in [0.3, 0.4) is 0 Å². The summed E-state index contributed by atoms with van der Waals surface area (Å²) in [7, 11) is 0. The normalized spacial score (nSPS) is 14.7. The van der Waals surface area contributed by atoms with Gasteiger partial charge in [0.05, 0.1) is 17.4 Å². The summed E-state index contributed by atoms with van der Waals surface area (Å²) in [5.74, 6) is 0.691. The minimum atomic E-state index is -0.476. The molecular formula is C23H26FN5O3. The molecule has 0 unspecified atom stereocenters. The second-order valence-electron chi connectivity index (χ2n) is 8.22. The number of pyridine rings is 1. The first-order valence-corrected chi connectivity index (χ1v) is 10.8. The summed E-state index contributed by atoms with van der Waals surface area (Å²) in [6.45, 7) is 5.04. The van der Waals surface area contributed by atoms with Gasteiger partial charge < -0.3 is 9.64 Å². The maximum atomic E-state index is 14.2. The molecule has 168 valence electrons. The first-order chi connectivity index (χ1) is 15.4. The summed E-state index contributed by atoms with van der Waals surface area (Å²) >= 11 is 0. The van der Waals surface area contributed by atoms with Crippen LogP contribution in [-0.4, -0.2) is 49.7 Å². The summed E-state index contributed by atoms with van der Waals surface area (Å²) in [5, 5.41) is 6.54. The Balaban J connectivity index is 1.38. The van der Waals surface area contributed by atoms with E-state index < -0.39 is 11.5 Å². The molecule has 1 fully saturated rings. The standard InChI is InChI=1S/C23H26FN5O3/c1-15(2)32-21-8-7-17(14-25-21)22(30)28-11-9-16(10-12-28)13-20-26-27-23(31)29(20)19-6-4-3-5-18(19)24/h3-8,14-16H,9-13H2,1-2H3,(H,27,31). The lowest BCUT2D eigenvalue weighted by Gasteiger charge is -2.32. The van der Waals surface area contributed by atoms with Crippen LogP contribution in [0.4, 0.5) is 4.39 Å². The van der Waals surface area contributed by atoms with E-state index in [1.807, 2.05) is 18.7 Å². The summed E-state index contributed by atoms with van der Waals surface area (Å²) in [6, 6.07) is 9.58. The van der Waals surface area contributed by atoms with Crippen molar-refractivity contribution < 1.29 is 13.9 Å². The first-order valence-electron chi connectivity index (χ1n) is 10.8. The quantitative estimate of drug-likeness (QED) is 0.637. The van der Waals surface area contributed by atoms with Crippen LogP contribution >= 0.6 is 0 Å². The number of aromatic amines is 1. The SMILES string of the molecule is CC(C)Oc1ccc(C(=O)N2CCC(Cc3n[nH]c(=O)n3-c3ccccc3F)CC2)cn1. The van der Waals surface area contributed by atoms with Crippen molar-refractivity contribution in [3.63, 3.8) is 0 Å². The van der Waals surface area contributed by atoms with Gasteiger partial charge in [0.2, 0.25) is 5.88 Å². The summed E-state index contributed by atoms with van der Waals surface area (Å²) in [5.41, 5.74) is 0.251. The van der Waals surface area contributed by atoms with Crippen molar-refractivity contribution in [2.75, 3.05) is 13.1 Å². The average Bonchev–Trinajstić information content (AvgIpc) is 3.14. The number of likely N-dealkylation sites (tertiary alicyclic amines) is 1. The Morgan fingerprint density at radius 3 is 2.62 bits per heavy atom. The number of rotatable bonds is 6. The molecule has 1 aliphatic rings. The van der Waals surface area contributed by atoms with E-state index >= 15 is 0 Å². The van der Waals surface area contributed by atoms with Crippen molar-refractivity contribution in [2.24, 2.45) is 5.92 Å². The minimum absolute atomic E-state index is 0.0207. The molecule has 0 radical (unpaired) electrons. The Bertz CT molecular complexity index is 1130. The molecule has 0 aliphatic carbocycles. The van der Waals surface area contributed by atoms with E-state index in [0.717, 1.165) is 12.8 Å². The van der Waals surface area contributed by atoms with Gasteiger partial charge in [-0.2, -0.15) is 5.10 Å². The van der Waals surface area contributed by atoms with Gasteiger partial charge in [0.15, 0.2) is 0 Å². The van der Waals surface area contributed by atoms with Crippen LogP contribution < -0.4 is 10.4 Å². The van der Waals surface area contributed by atoms with Crippen LogP contribution in [0.2, 0.25) is 0 Å². The predicted molar refractivity (Wildman–Crippen MR) is 116 cm³/mol. The van der Waals surface area contributed by atoms with Gasteiger partial charge in [-0.3, -0.25) is 4.79 Å². The number of carbonyl (C=O) groups excluding carboxylic acids is 1. The summed E-state index contributed by atoms with van der Waals surface area (Å²) < 4.78 is 21.0. The van der Waals surface area contributed by atoms with Gasteiger partial charge in [-0.25, -0.2) is 23.8 Å². The molecule has 1 saturated heterocycles. The molecule has 4 rings (SSSR count). The third-order valence-electron chi connectivity index (χ3n) is 5.55. The Kier molecular flexibility index (Phi) is 6.34. The van der Waals surface area contributed by atoms with Gasteiger partial charge >= 0.3 is 5.69 Å². The number of para-hydroxylation sites is 1. The van der Waals surface area contributed by atoms with Crippen molar-refractivity contribution in [2.45, 2.75) is 39.2 Å². The molecule has 1 aliphatic heterocycles. The van der Waals surface area contributed by atoms with Crippen molar-refractivity contribution in [3.8, 4) is 11.6 Å². The highest BCUT2D eigenvalue weighted by molar-refractivity contribution is 5.94. The number of amides is 1. The Morgan fingerprint density at radius 2 is 1.97 bits per heavy atom. The number of ether oxygens (including phenoxy) is 1. The maximum Gasteiger partial charge on any atom is 0.348 e. The van der Waals surface area contributed by atoms with Crippen LogP contribution in [0.15, 0.2) is 47.4 Å². The van der Waals surface area contributed by atoms with Gasteiger partial charge in [0, 0.05) is 31.8 Å². The number of nitrogens with one attached hydrogen (secondary N) is 1. The molecule has 32 heavy (non-hydrogen) atoms. The van der Waals surface area contributed by atoms with Gasteiger partial charge in [-0.05, 0) is 50.8 Å². The second kappa shape index (κ2) is 9.33. The smallest absolute Gasteiger partial charge is 0.348 e. The monoisotopic (exact) mass is 439 g/mol. The number of halogens is 1. The fourth-order valence-electron chi connectivity index (χ4n) is 3.95. The summed E-state index contributed by atoms with van der Waals surface area (Å²) in [6.07, 6.45) is 3.63. The number of benzene rings is 1. The number of hydrogen-bond acceptors (Lipinski definition) is 5. The molecule has 3 aromatic rings. The highest BCUT2D eigenvalue weighted by Crippen LogP contribution is 2.23. The molecular weight excluding hydrogens is 413 g/mol.